The second kappa shape index (κ2) is 7.84. The Hall–Kier alpha value is -3.80. The molecule has 3 aromatic rings. The minimum Gasteiger partial charge on any atom is -0.504 e. The van der Waals surface area contributed by atoms with Crippen molar-refractivity contribution in [2.45, 2.75) is 0 Å². The van der Waals surface area contributed by atoms with Crippen LogP contribution in [0.2, 0.25) is 0 Å². The number of nitrogen functional groups attached to an aromatic ring is 2. The Kier molecular flexibility index (Phi) is 5.31. The molecule has 0 spiro atoms. The first kappa shape index (κ1) is 19.0. The molecular weight excluding hydrogens is 356 g/mol. The van der Waals surface area contributed by atoms with Crippen LogP contribution < -0.4 is 31.4 Å². The predicted octanol–water partition coefficient (Wildman–Crippen LogP) is 1.94. The molecule has 0 unspecified atom stereocenters. The molecule has 3 aromatic carbocycles. The van der Waals surface area contributed by atoms with E-state index in [4.69, 9.17) is 20.9 Å². The van der Waals surface area contributed by atoms with Crippen LogP contribution >= 0.6 is 0 Å². The van der Waals surface area contributed by atoms with Crippen LogP contribution in [0.4, 0.5) is 11.4 Å². The molecule has 0 heterocycles. The van der Waals surface area contributed by atoms with Gasteiger partial charge in [0, 0.05) is 16.3 Å². The number of phenols is 2. The number of nitrogens with two attached hydrogens (primary N) is 2. The molecule has 0 aliphatic heterocycles. The van der Waals surface area contributed by atoms with Gasteiger partial charge < -0.3 is 31.2 Å². The molecule has 6 heteroatoms. The lowest BCUT2D eigenvalue weighted by Crippen LogP contribution is -2.29. The van der Waals surface area contributed by atoms with Crippen molar-refractivity contribution in [1.82, 2.24) is 0 Å². The second-order valence-corrected chi connectivity index (χ2v) is 6.16. The molecule has 28 heavy (non-hydrogen) atoms. The molecule has 144 valence electrons. The van der Waals surface area contributed by atoms with Gasteiger partial charge in [0.15, 0.2) is 23.0 Å². The van der Waals surface area contributed by atoms with Crippen LogP contribution in [0.15, 0.2) is 48.5 Å². The van der Waals surface area contributed by atoms with E-state index in [1.165, 1.54) is 14.2 Å². The highest BCUT2D eigenvalue weighted by Gasteiger charge is 2.08. The number of phenolic OH excluding ortho intramolecular Hbond substituents is 2. The van der Waals surface area contributed by atoms with E-state index in [0.29, 0.717) is 39.2 Å². The highest BCUT2D eigenvalue weighted by Crippen LogP contribution is 2.30. The Balaban J connectivity index is 2.31. The predicted molar refractivity (Wildman–Crippen MR) is 111 cm³/mol. The maximum atomic E-state index is 10.4. The van der Waals surface area contributed by atoms with Crippen molar-refractivity contribution in [1.29, 1.82) is 0 Å². The van der Waals surface area contributed by atoms with Crippen molar-refractivity contribution in [2.24, 2.45) is 0 Å². The van der Waals surface area contributed by atoms with Crippen molar-refractivity contribution >= 4 is 23.5 Å². The van der Waals surface area contributed by atoms with Crippen LogP contribution in [0.1, 0.15) is 11.1 Å². The lowest BCUT2D eigenvalue weighted by Gasteiger charge is -2.08. The first-order valence-electron chi connectivity index (χ1n) is 8.55. The number of hydrogen-bond acceptors (Lipinski definition) is 6. The van der Waals surface area contributed by atoms with E-state index in [9.17, 15) is 10.2 Å². The van der Waals surface area contributed by atoms with Gasteiger partial charge in [0.2, 0.25) is 0 Å². The number of hydrogen-bond donors (Lipinski definition) is 4. The van der Waals surface area contributed by atoms with E-state index in [-0.39, 0.29) is 11.5 Å². The van der Waals surface area contributed by atoms with Crippen molar-refractivity contribution < 1.29 is 19.7 Å². The Labute approximate surface area is 162 Å². The first-order chi connectivity index (χ1) is 13.5. The molecular formula is C22H22N2O4. The van der Waals surface area contributed by atoms with E-state index in [1.54, 1.807) is 60.7 Å². The van der Waals surface area contributed by atoms with Crippen molar-refractivity contribution in [2.75, 3.05) is 25.7 Å². The average molecular weight is 378 g/mol. The zero-order valence-corrected chi connectivity index (χ0v) is 15.6. The fourth-order valence-electron chi connectivity index (χ4n) is 2.92. The zero-order chi connectivity index (χ0) is 20.3. The van der Waals surface area contributed by atoms with Crippen LogP contribution in [0.3, 0.4) is 0 Å². The Morgan fingerprint density at radius 3 is 1.82 bits per heavy atom. The monoisotopic (exact) mass is 378 g/mol. The fraction of sp³-hybridized carbons (Fsp3) is 0.0909. The molecule has 3 rings (SSSR count). The largest absolute Gasteiger partial charge is 0.504 e. The van der Waals surface area contributed by atoms with Gasteiger partial charge in [0.1, 0.15) is 0 Å². The lowest BCUT2D eigenvalue weighted by molar-refractivity contribution is 0.373. The SMILES string of the molecule is COc1cccc(C=c2ccc(N)c(N)c2=Cc2cccc(OC)c2O)c1O. The quantitative estimate of drug-likeness (QED) is 0.517. The van der Waals surface area contributed by atoms with Crippen LogP contribution in [0.5, 0.6) is 23.0 Å². The molecule has 0 saturated heterocycles. The molecule has 0 saturated carbocycles. The highest BCUT2D eigenvalue weighted by atomic mass is 16.5. The third-order valence-electron chi connectivity index (χ3n) is 4.47. The Morgan fingerprint density at radius 1 is 0.750 bits per heavy atom. The summed E-state index contributed by atoms with van der Waals surface area (Å²) >= 11 is 0. The maximum Gasteiger partial charge on any atom is 0.165 e. The van der Waals surface area contributed by atoms with Crippen molar-refractivity contribution in [3.8, 4) is 23.0 Å². The third-order valence-corrected chi connectivity index (χ3v) is 4.47. The molecule has 0 aromatic heterocycles. The van der Waals surface area contributed by atoms with Gasteiger partial charge in [-0.3, -0.25) is 0 Å². The topological polar surface area (TPSA) is 111 Å². The standard InChI is InChI=1S/C22H22N2O4/c1-27-18-7-3-5-14(21(18)25)11-13-9-10-17(23)20(24)16(13)12-15-6-4-8-19(28-2)22(15)26/h3-12,25-26H,23-24H2,1-2H3. The van der Waals surface area contributed by atoms with Gasteiger partial charge in [-0.1, -0.05) is 30.3 Å². The summed E-state index contributed by atoms with van der Waals surface area (Å²) in [5.41, 5.74) is 14.1. The first-order valence-corrected chi connectivity index (χ1v) is 8.55. The molecule has 0 aliphatic rings. The van der Waals surface area contributed by atoms with Gasteiger partial charge in [-0.2, -0.15) is 0 Å². The van der Waals surface area contributed by atoms with Crippen LogP contribution in [0, 0.1) is 0 Å². The van der Waals surface area contributed by atoms with E-state index in [0.717, 1.165) is 5.22 Å². The van der Waals surface area contributed by atoms with E-state index in [2.05, 4.69) is 0 Å². The number of methoxy groups -OCH3 is 2. The smallest absolute Gasteiger partial charge is 0.165 e. The van der Waals surface area contributed by atoms with Crippen LogP contribution in [-0.2, 0) is 0 Å². The Morgan fingerprint density at radius 2 is 1.29 bits per heavy atom. The van der Waals surface area contributed by atoms with Crippen LogP contribution in [-0.4, -0.2) is 24.4 Å². The van der Waals surface area contributed by atoms with Crippen LogP contribution in [0.25, 0.3) is 12.2 Å². The van der Waals surface area contributed by atoms with Gasteiger partial charge in [-0.25, -0.2) is 0 Å². The van der Waals surface area contributed by atoms with Gasteiger partial charge in [0.25, 0.3) is 0 Å². The second-order valence-electron chi connectivity index (χ2n) is 6.16. The number of benzene rings is 3. The number of aromatic hydroxyl groups is 2. The van der Waals surface area contributed by atoms with E-state index in [1.807, 2.05) is 0 Å². The van der Waals surface area contributed by atoms with Gasteiger partial charge >= 0.3 is 0 Å². The number of anilines is 2. The molecule has 0 atom stereocenters. The van der Waals surface area contributed by atoms with Crippen molar-refractivity contribution in [3.63, 3.8) is 0 Å². The third kappa shape index (κ3) is 3.53. The van der Waals surface area contributed by atoms with Crippen molar-refractivity contribution in [3.05, 3.63) is 70.1 Å². The van der Waals surface area contributed by atoms with E-state index < -0.39 is 0 Å². The minimum atomic E-state index is 0.00185. The normalized spacial score (nSPS) is 12.2. The number of para-hydroxylation sites is 2. The average Bonchev–Trinajstić information content (AvgIpc) is 2.70. The molecule has 0 amide bonds. The molecule has 0 fully saturated rings. The van der Waals surface area contributed by atoms with Gasteiger partial charge in [0.05, 0.1) is 25.6 Å². The highest BCUT2D eigenvalue weighted by molar-refractivity contribution is 5.72. The molecule has 6 nitrogen and oxygen atoms in total. The summed E-state index contributed by atoms with van der Waals surface area (Å²) in [6, 6.07) is 13.9. The summed E-state index contributed by atoms with van der Waals surface area (Å²) in [7, 11) is 2.98. The zero-order valence-electron chi connectivity index (χ0n) is 15.6. The Bertz CT molecular complexity index is 1140. The van der Waals surface area contributed by atoms with Gasteiger partial charge in [-0.15, -0.1) is 0 Å². The summed E-state index contributed by atoms with van der Waals surface area (Å²) in [4.78, 5) is 0. The minimum absolute atomic E-state index is 0.00185. The molecule has 0 bridgehead atoms. The molecule has 0 radical (unpaired) electrons. The summed E-state index contributed by atoms with van der Waals surface area (Å²) in [5.74, 6) is 0.748. The molecule has 0 aliphatic carbocycles. The van der Waals surface area contributed by atoms with E-state index >= 15 is 0 Å². The fourth-order valence-corrected chi connectivity index (χ4v) is 2.92. The lowest BCUT2D eigenvalue weighted by atomic mass is 10.1. The van der Waals surface area contributed by atoms with Gasteiger partial charge in [-0.05, 0) is 35.6 Å². The number of rotatable bonds is 4. The summed E-state index contributed by atoms with van der Waals surface area (Å²) in [6.45, 7) is 0. The summed E-state index contributed by atoms with van der Waals surface area (Å²) in [5, 5.41) is 22.1. The molecule has 6 N–H and O–H groups in total. The maximum absolute atomic E-state index is 10.4. The summed E-state index contributed by atoms with van der Waals surface area (Å²) in [6.07, 6.45) is 3.50. The summed E-state index contributed by atoms with van der Waals surface area (Å²) < 4.78 is 10.3. The number of ether oxygens (including phenoxy) is 2.